The lowest BCUT2D eigenvalue weighted by Gasteiger charge is -2.28. The summed E-state index contributed by atoms with van der Waals surface area (Å²) in [7, 11) is 0. The van der Waals surface area contributed by atoms with E-state index in [4.69, 9.17) is 20.3 Å². The lowest BCUT2D eigenvalue weighted by molar-refractivity contribution is -0.106. The Labute approximate surface area is 187 Å². The summed E-state index contributed by atoms with van der Waals surface area (Å²) in [5.41, 5.74) is 8.86. The highest BCUT2D eigenvalue weighted by atomic mass is 19.1. The van der Waals surface area contributed by atoms with Crippen molar-refractivity contribution in [1.82, 2.24) is 4.98 Å². The number of halogens is 1. The molecule has 0 spiro atoms. The summed E-state index contributed by atoms with van der Waals surface area (Å²) >= 11 is 0. The molecule has 7 nitrogen and oxygen atoms in total. The van der Waals surface area contributed by atoms with Crippen LogP contribution >= 0.6 is 0 Å². The number of nitrogens with zero attached hydrogens (tertiary/aromatic N) is 2. The van der Waals surface area contributed by atoms with E-state index in [1.165, 1.54) is 12.3 Å². The standard InChI is InChI=1S/C23H25FN4O.CH3NO/c1-15-2-3-17(21(26)11-19(14-25)16-4-5-16)10-20(15)18-12-22(24)27-23(13-18)28-6-8-29-9-7-28;2-1-3/h2-3,10-14,16,25-26H,4-9H2,1H3;1H,(H2,2,3)/b19-11+,25-14?,26-21?;. The number of primary amides is 1. The number of carbonyl (C=O) groups excluding carboxylic acids is 1. The highest BCUT2D eigenvalue weighted by molar-refractivity contribution is 6.09. The highest BCUT2D eigenvalue weighted by Crippen LogP contribution is 2.36. The zero-order chi connectivity index (χ0) is 23.1. The van der Waals surface area contributed by atoms with Gasteiger partial charge in [0, 0.05) is 30.9 Å². The van der Waals surface area contributed by atoms with Gasteiger partial charge in [-0.2, -0.15) is 4.39 Å². The molecule has 2 heterocycles. The number of aryl methyl sites for hydroxylation is 1. The number of carbonyl (C=O) groups is 1. The molecule has 4 rings (SSSR count). The molecule has 0 radical (unpaired) electrons. The lowest BCUT2D eigenvalue weighted by atomic mass is 9.96. The van der Waals surface area contributed by atoms with Gasteiger partial charge >= 0.3 is 0 Å². The summed E-state index contributed by atoms with van der Waals surface area (Å²) in [4.78, 5) is 14.7. The maximum Gasteiger partial charge on any atom is 0.215 e. The molecule has 168 valence electrons. The predicted octanol–water partition coefficient (Wildman–Crippen LogP) is 3.49. The fraction of sp³-hybridized carbons (Fsp3) is 0.333. The lowest BCUT2D eigenvalue weighted by Crippen LogP contribution is -2.36. The number of rotatable bonds is 6. The maximum atomic E-state index is 14.3. The number of amides is 1. The van der Waals surface area contributed by atoms with Crippen LogP contribution in [0.1, 0.15) is 24.0 Å². The van der Waals surface area contributed by atoms with Crippen LogP contribution in [-0.4, -0.2) is 49.6 Å². The van der Waals surface area contributed by atoms with Crippen molar-refractivity contribution in [2.75, 3.05) is 31.2 Å². The van der Waals surface area contributed by atoms with E-state index < -0.39 is 5.95 Å². The summed E-state index contributed by atoms with van der Waals surface area (Å²) in [6, 6.07) is 9.16. The molecule has 0 bridgehead atoms. The number of ether oxygens (including phenoxy) is 1. The Hall–Kier alpha value is -3.39. The van der Waals surface area contributed by atoms with Crippen molar-refractivity contribution in [3.05, 3.63) is 59.1 Å². The average molecular weight is 438 g/mol. The van der Waals surface area contributed by atoms with E-state index in [1.807, 2.05) is 36.1 Å². The van der Waals surface area contributed by atoms with E-state index in [0.29, 0.717) is 43.8 Å². The van der Waals surface area contributed by atoms with Crippen molar-refractivity contribution in [3.8, 4) is 11.1 Å². The van der Waals surface area contributed by atoms with Crippen LogP contribution in [0.3, 0.4) is 0 Å². The van der Waals surface area contributed by atoms with Gasteiger partial charge in [-0.25, -0.2) is 4.98 Å². The van der Waals surface area contributed by atoms with Gasteiger partial charge in [-0.05, 0) is 66.2 Å². The minimum atomic E-state index is -0.511. The second-order valence-electron chi connectivity index (χ2n) is 7.78. The van der Waals surface area contributed by atoms with Gasteiger partial charge in [0.1, 0.15) is 5.82 Å². The van der Waals surface area contributed by atoms with Crippen LogP contribution in [0.25, 0.3) is 11.1 Å². The van der Waals surface area contributed by atoms with Crippen LogP contribution in [0, 0.1) is 29.6 Å². The second kappa shape index (κ2) is 10.8. The SMILES string of the molecule is Cc1ccc(C(=N)/C=C(\C=N)C2CC2)cc1-c1cc(F)nc(N2CCOCC2)c1.NC=O. The van der Waals surface area contributed by atoms with Gasteiger partial charge in [-0.1, -0.05) is 12.1 Å². The first kappa shape index (κ1) is 23.3. The van der Waals surface area contributed by atoms with Crippen molar-refractivity contribution in [3.63, 3.8) is 0 Å². The number of nitrogens with one attached hydrogen (secondary N) is 2. The van der Waals surface area contributed by atoms with Gasteiger partial charge in [0.2, 0.25) is 12.4 Å². The summed E-state index contributed by atoms with van der Waals surface area (Å²) < 4.78 is 19.7. The summed E-state index contributed by atoms with van der Waals surface area (Å²) in [5, 5.41) is 16.1. The van der Waals surface area contributed by atoms with E-state index >= 15 is 0 Å². The number of nitrogens with two attached hydrogens (primary N) is 1. The molecule has 0 atom stereocenters. The predicted molar refractivity (Wildman–Crippen MR) is 124 cm³/mol. The number of pyridine rings is 1. The number of benzene rings is 1. The van der Waals surface area contributed by atoms with Gasteiger partial charge in [0.25, 0.3) is 0 Å². The van der Waals surface area contributed by atoms with E-state index in [2.05, 4.69) is 10.7 Å². The van der Waals surface area contributed by atoms with Crippen LogP contribution in [0.4, 0.5) is 10.2 Å². The molecule has 2 aliphatic rings. The van der Waals surface area contributed by atoms with E-state index in [1.54, 1.807) is 6.08 Å². The Kier molecular flexibility index (Phi) is 7.83. The molecule has 1 saturated heterocycles. The zero-order valence-electron chi connectivity index (χ0n) is 18.1. The number of morpholine rings is 1. The third-order valence-electron chi connectivity index (χ3n) is 5.50. The molecular formula is C24H28FN5O2. The minimum absolute atomic E-state index is 0.250. The quantitative estimate of drug-likeness (QED) is 0.364. The molecule has 8 heteroatoms. The molecule has 2 fully saturated rings. The molecule has 1 amide bonds. The van der Waals surface area contributed by atoms with Crippen LogP contribution in [0.2, 0.25) is 0 Å². The number of hydrogen-bond donors (Lipinski definition) is 3. The Morgan fingerprint density at radius 2 is 1.94 bits per heavy atom. The summed E-state index contributed by atoms with van der Waals surface area (Å²) in [6.45, 7) is 4.60. The average Bonchev–Trinajstić information content (AvgIpc) is 3.64. The zero-order valence-corrected chi connectivity index (χ0v) is 18.1. The topological polar surface area (TPSA) is 116 Å². The molecule has 1 aromatic heterocycles. The first-order valence-electron chi connectivity index (χ1n) is 10.5. The Balaban J connectivity index is 0.000000913. The van der Waals surface area contributed by atoms with Crippen molar-refractivity contribution < 1.29 is 13.9 Å². The molecule has 1 aromatic carbocycles. The monoisotopic (exact) mass is 437 g/mol. The molecular weight excluding hydrogens is 409 g/mol. The third-order valence-corrected chi connectivity index (χ3v) is 5.50. The summed E-state index contributed by atoms with van der Waals surface area (Å²) in [5.74, 6) is 0.523. The Bertz CT molecular complexity index is 1030. The van der Waals surface area contributed by atoms with E-state index in [9.17, 15) is 4.39 Å². The minimum Gasteiger partial charge on any atom is -0.378 e. The summed E-state index contributed by atoms with van der Waals surface area (Å²) in [6.07, 6.45) is 5.57. The first-order valence-corrected chi connectivity index (χ1v) is 10.5. The fourth-order valence-corrected chi connectivity index (χ4v) is 3.64. The number of aromatic nitrogens is 1. The fourth-order valence-electron chi connectivity index (χ4n) is 3.64. The molecule has 2 aromatic rings. The van der Waals surface area contributed by atoms with Crippen molar-refractivity contribution in [1.29, 1.82) is 10.8 Å². The van der Waals surface area contributed by atoms with Gasteiger partial charge in [-0.15, -0.1) is 0 Å². The second-order valence-corrected chi connectivity index (χ2v) is 7.78. The molecule has 32 heavy (non-hydrogen) atoms. The van der Waals surface area contributed by atoms with Gasteiger partial charge < -0.3 is 26.2 Å². The molecule has 4 N–H and O–H groups in total. The van der Waals surface area contributed by atoms with Gasteiger partial charge in [0.15, 0.2) is 0 Å². The molecule has 1 saturated carbocycles. The van der Waals surface area contributed by atoms with Crippen LogP contribution in [0.15, 0.2) is 42.0 Å². The first-order chi connectivity index (χ1) is 15.5. The molecule has 1 aliphatic carbocycles. The van der Waals surface area contributed by atoms with E-state index in [0.717, 1.165) is 40.7 Å². The Morgan fingerprint density at radius 1 is 1.25 bits per heavy atom. The van der Waals surface area contributed by atoms with Crippen molar-refractivity contribution >= 4 is 24.2 Å². The van der Waals surface area contributed by atoms with Crippen LogP contribution < -0.4 is 10.6 Å². The number of allylic oxidation sites excluding steroid dienone is 2. The highest BCUT2D eigenvalue weighted by Gasteiger charge is 2.25. The van der Waals surface area contributed by atoms with Crippen molar-refractivity contribution in [2.24, 2.45) is 11.7 Å². The smallest absolute Gasteiger partial charge is 0.215 e. The number of hydrogen-bond acceptors (Lipinski definition) is 6. The largest absolute Gasteiger partial charge is 0.378 e. The maximum absolute atomic E-state index is 14.3. The van der Waals surface area contributed by atoms with E-state index in [-0.39, 0.29) is 6.41 Å². The van der Waals surface area contributed by atoms with Gasteiger partial charge in [0.05, 0.1) is 18.9 Å². The normalized spacial score (nSPS) is 16.1. The third kappa shape index (κ3) is 5.85. The van der Waals surface area contributed by atoms with Crippen molar-refractivity contribution in [2.45, 2.75) is 19.8 Å². The van der Waals surface area contributed by atoms with Crippen LogP contribution in [-0.2, 0) is 9.53 Å². The molecule has 0 unspecified atom stereocenters. The van der Waals surface area contributed by atoms with Crippen LogP contribution in [0.5, 0.6) is 0 Å². The molecule has 1 aliphatic heterocycles. The Morgan fingerprint density at radius 3 is 2.56 bits per heavy atom. The number of anilines is 1. The van der Waals surface area contributed by atoms with Gasteiger partial charge in [-0.3, -0.25) is 4.79 Å².